The summed E-state index contributed by atoms with van der Waals surface area (Å²) in [4.78, 5) is 15.0. The van der Waals surface area contributed by atoms with Crippen molar-refractivity contribution in [3.63, 3.8) is 0 Å². The van der Waals surface area contributed by atoms with E-state index in [-0.39, 0.29) is 12.3 Å². The molecule has 2 heterocycles. The second-order valence-corrected chi connectivity index (χ2v) is 3.15. The van der Waals surface area contributed by atoms with E-state index in [2.05, 4.69) is 10.1 Å². The Balaban J connectivity index is 2.46. The molecule has 0 saturated carbocycles. The van der Waals surface area contributed by atoms with Crippen molar-refractivity contribution in [3.8, 4) is 5.82 Å². The van der Waals surface area contributed by atoms with E-state index in [0.29, 0.717) is 11.4 Å². The lowest BCUT2D eigenvalue weighted by atomic mass is 10.3. The molecule has 2 aromatic rings. The molecule has 16 heavy (non-hydrogen) atoms. The van der Waals surface area contributed by atoms with Crippen molar-refractivity contribution in [2.45, 2.75) is 6.61 Å². The molecule has 0 bridgehead atoms. The van der Waals surface area contributed by atoms with E-state index in [4.69, 9.17) is 10.8 Å². The van der Waals surface area contributed by atoms with E-state index < -0.39 is 5.91 Å². The third-order valence-electron chi connectivity index (χ3n) is 2.10. The summed E-state index contributed by atoms with van der Waals surface area (Å²) in [7, 11) is 0. The zero-order valence-corrected chi connectivity index (χ0v) is 8.37. The summed E-state index contributed by atoms with van der Waals surface area (Å²) >= 11 is 0. The standard InChI is InChI=1S/C10H10N4O2/c11-9(16)8-3-5-14(13-8)10-7(6-15)2-1-4-12-10/h1-5,15H,6H2,(H2,11,16). The molecule has 2 aromatic heterocycles. The van der Waals surface area contributed by atoms with Crippen LogP contribution in [0.4, 0.5) is 0 Å². The van der Waals surface area contributed by atoms with Gasteiger partial charge in [-0.1, -0.05) is 6.07 Å². The molecule has 0 aromatic carbocycles. The van der Waals surface area contributed by atoms with Gasteiger partial charge in [-0.15, -0.1) is 0 Å². The number of nitrogens with zero attached hydrogens (tertiary/aromatic N) is 3. The van der Waals surface area contributed by atoms with Crippen molar-refractivity contribution in [1.82, 2.24) is 14.8 Å². The van der Waals surface area contributed by atoms with Crippen molar-refractivity contribution in [2.75, 3.05) is 0 Å². The number of amides is 1. The van der Waals surface area contributed by atoms with Crippen LogP contribution in [0.3, 0.4) is 0 Å². The van der Waals surface area contributed by atoms with Gasteiger partial charge in [-0.3, -0.25) is 4.79 Å². The molecule has 0 saturated heterocycles. The minimum Gasteiger partial charge on any atom is -0.392 e. The summed E-state index contributed by atoms with van der Waals surface area (Å²) in [6.45, 7) is -0.144. The highest BCUT2D eigenvalue weighted by Gasteiger charge is 2.09. The van der Waals surface area contributed by atoms with Gasteiger partial charge < -0.3 is 10.8 Å². The first-order valence-corrected chi connectivity index (χ1v) is 4.63. The SMILES string of the molecule is NC(=O)c1ccn(-c2ncccc2CO)n1. The van der Waals surface area contributed by atoms with Crippen LogP contribution in [-0.4, -0.2) is 25.8 Å². The molecule has 0 aliphatic rings. The minimum atomic E-state index is -0.597. The number of aromatic nitrogens is 3. The van der Waals surface area contributed by atoms with Crippen molar-refractivity contribution in [1.29, 1.82) is 0 Å². The first-order chi connectivity index (χ1) is 7.72. The summed E-state index contributed by atoms with van der Waals surface area (Å²) in [5, 5.41) is 13.1. The Morgan fingerprint density at radius 3 is 2.94 bits per heavy atom. The van der Waals surface area contributed by atoms with E-state index in [1.54, 1.807) is 24.5 Å². The normalized spacial score (nSPS) is 10.3. The van der Waals surface area contributed by atoms with Crippen LogP contribution in [0.15, 0.2) is 30.6 Å². The Labute approximate surface area is 91.3 Å². The number of pyridine rings is 1. The number of hydrogen-bond acceptors (Lipinski definition) is 4. The summed E-state index contributed by atoms with van der Waals surface area (Å²) in [6, 6.07) is 4.94. The molecule has 0 aliphatic heterocycles. The van der Waals surface area contributed by atoms with Gasteiger partial charge in [0.2, 0.25) is 0 Å². The monoisotopic (exact) mass is 218 g/mol. The van der Waals surface area contributed by atoms with Gasteiger partial charge >= 0.3 is 0 Å². The first-order valence-electron chi connectivity index (χ1n) is 4.63. The lowest BCUT2D eigenvalue weighted by molar-refractivity contribution is 0.0995. The Morgan fingerprint density at radius 1 is 1.50 bits per heavy atom. The quantitative estimate of drug-likeness (QED) is 0.749. The molecule has 6 nitrogen and oxygen atoms in total. The summed E-state index contributed by atoms with van der Waals surface area (Å²) in [5.74, 6) is -0.113. The van der Waals surface area contributed by atoms with Gasteiger partial charge in [-0.25, -0.2) is 9.67 Å². The van der Waals surface area contributed by atoms with Gasteiger partial charge in [0, 0.05) is 18.0 Å². The maximum Gasteiger partial charge on any atom is 0.269 e. The minimum absolute atomic E-state index is 0.144. The van der Waals surface area contributed by atoms with Gasteiger partial charge in [-0.05, 0) is 12.1 Å². The number of carbonyl (C=O) groups is 1. The maximum absolute atomic E-state index is 10.9. The van der Waals surface area contributed by atoms with Crippen molar-refractivity contribution < 1.29 is 9.90 Å². The number of primary amides is 1. The number of aliphatic hydroxyl groups excluding tert-OH is 1. The Kier molecular flexibility index (Phi) is 2.65. The highest BCUT2D eigenvalue weighted by atomic mass is 16.3. The largest absolute Gasteiger partial charge is 0.392 e. The Bertz CT molecular complexity index is 521. The Morgan fingerprint density at radius 2 is 2.31 bits per heavy atom. The number of hydrogen-bond donors (Lipinski definition) is 2. The van der Waals surface area contributed by atoms with Gasteiger partial charge in [-0.2, -0.15) is 5.10 Å². The molecule has 82 valence electrons. The van der Waals surface area contributed by atoms with Crippen molar-refractivity contribution in [2.24, 2.45) is 5.73 Å². The van der Waals surface area contributed by atoms with E-state index in [1.807, 2.05) is 0 Å². The zero-order valence-electron chi connectivity index (χ0n) is 8.37. The zero-order chi connectivity index (χ0) is 11.5. The maximum atomic E-state index is 10.9. The third-order valence-corrected chi connectivity index (χ3v) is 2.10. The molecule has 2 rings (SSSR count). The molecule has 0 radical (unpaired) electrons. The van der Waals surface area contributed by atoms with Crippen LogP contribution in [0.25, 0.3) is 5.82 Å². The average molecular weight is 218 g/mol. The summed E-state index contributed by atoms with van der Waals surface area (Å²) < 4.78 is 1.41. The molecule has 0 aliphatic carbocycles. The molecule has 0 fully saturated rings. The number of nitrogens with two attached hydrogens (primary N) is 1. The fraction of sp³-hybridized carbons (Fsp3) is 0.100. The molecule has 0 atom stereocenters. The van der Waals surface area contributed by atoms with Crippen molar-refractivity contribution >= 4 is 5.91 Å². The lowest BCUT2D eigenvalue weighted by Gasteiger charge is -2.04. The van der Waals surface area contributed by atoms with Crippen LogP contribution < -0.4 is 5.73 Å². The van der Waals surface area contributed by atoms with E-state index in [1.165, 1.54) is 10.7 Å². The topological polar surface area (TPSA) is 94.0 Å². The highest BCUT2D eigenvalue weighted by Crippen LogP contribution is 2.10. The van der Waals surface area contributed by atoms with E-state index >= 15 is 0 Å². The molecule has 1 amide bonds. The molecule has 3 N–H and O–H groups in total. The first kappa shape index (κ1) is 10.3. The third kappa shape index (κ3) is 1.78. The van der Waals surface area contributed by atoms with Crippen LogP contribution >= 0.6 is 0 Å². The van der Waals surface area contributed by atoms with Gasteiger partial charge in [0.25, 0.3) is 5.91 Å². The van der Waals surface area contributed by atoms with Crippen molar-refractivity contribution in [3.05, 3.63) is 41.9 Å². The lowest BCUT2D eigenvalue weighted by Crippen LogP contribution is -2.12. The number of rotatable bonds is 3. The number of carbonyl (C=O) groups excluding carboxylic acids is 1. The van der Waals surface area contributed by atoms with Crippen LogP contribution in [0.1, 0.15) is 16.1 Å². The highest BCUT2D eigenvalue weighted by molar-refractivity contribution is 5.90. The summed E-state index contributed by atoms with van der Waals surface area (Å²) in [5.41, 5.74) is 5.88. The predicted octanol–water partition coefficient (Wildman–Crippen LogP) is -0.142. The van der Waals surface area contributed by atoms with Crippen LogP contribution in [0.2, 0.25) is 0 Å². The molecule has 0 unspecified atom stereocenters. The Hall–Kier alpha value is -2.21. The van der Waals surface area contributed by atoms with Crippen LogP contribution in [-0.2, 0) is 6.61 Å². The van der Waals surface area contributed by atoms with E-state index in [0.717, 1.165) is 0 Å². The van der Waals surface area contributed by atoms with Crippen LogP contribution in [0.5, 0.6) is 0 Å². The van der Waals surface area contributed by atoms with Gasteiger partial charge in [0.05, 0.1) is 6.61 Å². The average Bonchev–Trinajstić information content (AvgIpc) is 2.78. The fourth-order valence-electron chi connectivity index (χ4n) is 1.33. The molecule has 0 spiro atoms. The van der Waals surface area contributed by atoms with Crippen LogP contribution in [0, 0.1) is 0 Å². The van der Waals surface area contributed by atoms with Gasteiger partial charge in [0.15, 0.2) is 5.82 Å². The smallest absolute Gasteiger partial charge is 0.269 e. The van der Waals surface area contributed by atoms with E-state index in [9.17, 15) is 4.79 Å². The van der Waals surface area contributed by atoms with Gasteiger partial charge in [0.1, 0.15) is 5.69 Å². The fourth-order valence-corrected chi connectivity index (χ4v) is 1.33. The predicted molar refractivity (Wildman–Crippen MR) is 55.8 cm³/mol. The molecular weight excluding hydrogens is 208 g/mol. The second-order valence-electron chi connectivity index (χ2n) is 3.15. The molecule has 6 heteroatoms. The number of aliphatic hydroxyl groups is 1. The summed E-state index contributed by atoms with van der Waals surface area (Å²) in [6.07, 6.45) is 3.15. The second kappa shape index (κ2) is 4.11. The molecular formula is C10H10N4O2.